The molecule has 2 aromatic rings. The first kappa shape index (κ1) is 21.8. The smallest absolute Gasteiger partial charge is 0.192 e. The van der Waals surface area contributed by atoms with Crippen LogP contribution in [0.15, 0.2) is 22.5 Å². The molecule has 0 aliphatic carbocycles. The zero-order chi connectivity index (χ0) is 17.2. The molecule has 9 heteroatoms. The minimum absolute atomic E-state index is 0. The summed E-state index contributed by atoms with van der Waals surface area (Å²) in [4.78, 5) is 5.89. The molecule has 0 saturated carbocycles. The largest absolute Gasteiger partial charge is 0.382 e. The molecule has 2 heterocycles. The first-order valence-electron chi connectivity index (χ1n) is 8.18. The van der Waals surface area contributed by atoms with Crippen LogP contribution in [0.5, 0.6) is 0 Å². The van der Waals surface area contributed by atoms with Crippen LogP contribution in [0, 0.1) is 6.92 Å². The number of thiophene rings is 1. The topological polar surface area (TPSA) is 76.4 Å². The summed E-state index contributed by atoms with van der Waals surface area (Å²) in [6.45, 7) is 7.50. The third kappa shape index (κ3) is 7.70. The van der Waals surface area contributed by atoms with E-state index in [0.29, 0.717) is 6.54 Å². The summed E-state index contributed by atoms with van der Waals surface area (Å²) < 4.78 is 7.32. The van der Waals surface area contributed by atoms with E-state index in [0.717, 1.165) is 50.3 Å². The second kappa shape index (κ2) is 12.2. The van der Waals surface area contributed by atoms with Crippen LogP contribution < -0.4 is 10.6 Å². The van der Waals surface area contributed by atoms with Crippen molar-refractivity contribution in [3.8, 4) is 0 Å². The Hall–Kier alpha value is -1.20. The Kier molecular flexibility index (Phi) is 10.7. The van der Waals surface area contributed by atoms with Gasteiger partial charge in [-0.1, -0.05) is 6.07 Å². The quantitative estimate of drug-likeness (QED) is 0.251. The molecule has 0 aromatic carbocycles. The molecule has 0 saturated heterocycles. The van der Waals surface area contributed by atoms with Crippen LogP contribution in [0.3, 0.4) is 0 Å². The first-order valence-corrected chi connectivity index (χ1v) is 9.05. The van der Waals surface area contributed by atoms with Gasteiger partial charge in [0.05, 0.1) is 6.54 Å². The summed E-state index contributed by atoms with van der Waals surface area (Å²) in [5, 5.41) is 17.0. The normalized spacial score (nSPS) is 11.2. The van der Waals surface area contributed by atoms with Crippen molar-refractivity contribution < 1.29 is 4.74 Å². The van der Waals surface area contributed by atoms with Gasteiger partial charge in [0, 0.05) is 31.7 Å². The van der Waals surface area contributed by atoms with Crippen molar-refractivity contribution in [2.45, 2.75) is 33.4 Å². The minimum atomic E-state index is 0. The van der Waals surface area contributed by atoms with Crippen LogP contribution in [0.25, 0.3) is 0 Å². The van der Waals surface area contributed by atoms with Crippen molar-refractivity contribution in [1.82, 2.24) is 25.4 Å². The van der Waals surface area contributed by atoms with Crippen LogP contribution in [0.4, 0.5) is 0 Å². The fourth-order valence-electron chi connectivity index (χ4n) is 2.02. The van der Waals surface area contributed by atoms with Crippen molar-refractivity contribution in [3.63, 3.8) is 0 Å². The molecule has 0 radical (unpaired) electrons. The lowest BCUT2D eigenvalue weighted by molar-refractivity contribution is 0.145. The number of aromatic nitrogens is 3. The fraction of sp³-hybridized carbons (Fsp3) is 0.562. The Morgan fingerprint density at radius 2 is 2.20 bits per heavy atom. The second-order valence-corrected chi connectivity index (χ2v) is 6.33. The molecule has 7 nitrogen and oxygen atoms in total. The molecule has 0 aliphatic rings. The van der Waals surface area contributed by atoms with Crippen LogP contribution in [0.1, 0.15) is 29.9 Å². The molecule has 140 valence electrons. The van der Waals surface area contributed by atoms with Gasteiger partial charge in [0.15, 0.2) is 11.8 Å². The molecular formula is C16H27IN6OS. The van der Waals surface area contributed by atoms with Gasteiger partial charge >= 0.3 is 0 Å². The van der Waals surface area contributed by atoms with Gasteiger partial charge in [-0.2, -0.15) is 0 Å². The first-order chi connectivity index (χ1) is 11.7. The molecule has 0 spiro atoms. The number of guanidine groups is 1. The van der Waals surface area contributed by atoms with Crippen molar-refractivity contribution >= 4 is 41.3 Å². The van der Waals surface area contributed by atoms with Crippen molar-refractivity contribution in [3.05, 3.63) is 34.0 Å². The highest BCUT2D eigenvalue weighted by Gasteiger charge is 2.05. The zero-order valence-corrected chi connectivity index (χ0v) is 18.1. The van der Waals surface area contributed by atoms with Gasteiger partial charge in [0.1, 0.15) is 12.4 Å². The van der Waals surface area contributed by atoms with Gasteiger partial charge in [-0.05, 0) is 31.7 Å². The van der Waals surface area contributed by atoms with Crippen molar-refractivity contribution in [1.29, 1.82) is 0 Å². The van der Waals surface area contributed by atoms with Gasteiger partial charge in [-0.15, -0.1) is 45.5 Å². The van der Waals surface area contributed by atoms with Crippen LogP contribution in [-0.2, 0) is 24.9 Å². The third-order valence-corrected chi connectivity index (χ3v) is 4.41. The monoisotopic (exact) mass is 478 g/mol. The predicted octanol–water partition coefficient (Wildman–Crippen LogP) is 2.47. The highest BCUT2D eigenvalue weighted by molar-refractivity contribution is 14.0. The summed E-state index contributed by atoms with van der Waals surface area (Å²) in [7, 11) is 1.95. The Labute approximate surface area is 170 Å². The number of halogens is 1. The van der Waals surface area contributed by atoms with Gasteiger partial charge in [0.2, 0.25) is 0 Å². The molecule has 0 fully saturated rings. The van der Waals surface area contributed by atoms with Crippen molar-refractivity contribution in [2.75, 3.05) is 19.8 Å². The Morgan fingerprint density at radius 3 is 2.84 bits per heavy atom. The Balaban J connectivity index is 0.00000312. The molecule has 0 unspecified atom stereocenters. The summed E-state index contributed by atoms with van der Waals surface area (Å²) in [6.07, 6.45) is 0.941. The third-order valence-electron chi connectivity index (χ3n) is 3.53. The minimum Gasteiger partial charge on any atom is -0.382 e. The zero-order valence-electron chi connectivity index (χ0n) is 15.0. The van der Waals surface area contributed by atoms with Gasteiger partial charge in [0.25, 0.3) is 0 Å². The SMILES string of the molecule is CCOCCCNC(=NCc1nnc(C)n1C)NCc1cccs1.I. The average Bonchev–Trinajstić information content (AvgIpc) is 3.21. The molecule has 0 aliphatic heterocycles. The maximum atomic E-state index is 5.36. The number of aliphatic imine (C=N–C) groups is 1. The number of nitrogens with zero attached hydrogens (tertiary/aromatic N) is 4. The summed E-state index contributed by atoms with van der Waals surface area (Å²) in [5.74, 6) is 2.51. The maximum Gasteiger partial charge on any atom is 0.192 e. The maximum absolute atomic E-state index is 5.36. The van der Waals surface area contributed by atoms with Crippen molar-refractivity contribution in [2.24, 2.45) is 12.0 Å². The molecule has 2 rings (SSSR count). The second-order valence-electron chi connectivity index (χ2n) is 5.30. The lowest BCUT2D eigenvalue weighted by Crippen LogP contribution is -2.37. The summed E-state index contributed by atoms with van der Waals surface area (Å²) in [6, 6.07) is 4.16. The molecule has 25 heavy (non-hydrogen) atoms. The average molecular weight is 478 g/mol. The molecule has 0 bridgehead atoms. The lowest BCUT2D eigenvalue weighted by Gasteiger charge is -2.12. The Morgan fingerprint density at radius 1 is 1.36 bits per heavy atom. The highest BCUT2D eigenvalue weighted by atomic mass is 127. The highest BCUT2D eigenvalue weighted by Crippen LogP contribution is 2.07. The summed E-state index contributed by atoms with van der Waals surface area (Å²) >= 11 is 1.73. The standard InChI is InChI=1S/C16H26N6OS.HI/c1-4-23-9-6-8-17-16(18-11-14-7-5-10-24-14)19-12-15-21-20-13(2)22(15)3;/h5,7,10H,4,6,8-9,11-12H2,1-3H3,(H2,17,18,19);1H. The van der Waals surface area contributed by atoms with Crippen LogP contribution >= 0.6 is 35.3 Å². The van der Waals surface area contributed by atoms with Gasteiger partial charge in [-0.3, -0.25) is 0 Å². The molecule has 2 N–H and O–H groups in total. The number of aryl methyl sites for hydroxylation is 1. The molecule has 2 aromatic heterocycles. The lowest BCUT2D eigenvalue weighted by atomic mass is 10.4. The van der Waals surface area contributed by atoms with E-state index in [1.807, 2.05) is 25.5 Å². The Bertz CT molecular complexity index is 629. The van der Waals surface area contributed by atoms with E-state index in [-0.39, 0.29) is 24.0 Å². The van der Waals surface area contributed by atoms with Crippen LogP contribution in [-0.4, -0.2) is 40.5 Å². The van der Waals surface area contributed by atoms with Crippen LogP contribution in [0.2, 0.25) is 0 Å². The van der Waals surface area contributed by atoms with Gasteiger partial charge < -0.3 is 19.9 Å². The number of hydrogen-bond donors (Lipinski definition) is 2. The molecule has 0 atom stereocenters. The van der Waals surface area contributed by atoms with Gasteiger partial charge in [-0.25, -0.2) is 4.99 Å². The van der Waals surface area contributed by atoms with E-state index in [1.54, 1.807) is 11.3 Å². The predicted molar refractivity (Wildman–Crippen MR) is 113 cm³/mol. The van der Waals surface area contributed by atoms with E-state index in [1.165, 1.54) is 4.88 Å². The fourth-order valence-corrected chi connectivity index (χ4v) is 2.67. The van der Waals surface area contributed by atoms with E-state index >= 15 is 0 Å². The molecule has 0 amide bonds. The van der Waals surface area contributed by atoms with E-state index < -0.39 is 0 Å². The molecular weight excluding hydrogens is 451 g/mol. The number of hydrogen-bond acceptors (Lipinski definition) is 5. The summed E-state index contributed by atoms with van der Waals surface area (Å²) in [5.41, 5.74) is 0. The number of rotatable bonds is 9. The van der Waals surface area contributed by atoms with E-state index in [4.69, 9.17) is 4.74 Å². The number of ether oxygens (including phenoxy) is 1. The number of nitrogens with one attached hydrogen (secondary N) is 2. The van der Waals surface area contributed by atoms with E-state index in [2.05, 4.69) is 43.3 Å². The van der Waals surface area contributed by atoms with E-state index in [9.17, 15) is 0 Å².